The highest BCUT2D eigenvalue weighted by molar-refractivity contribution is 6.11. The summed E-state index contributed by atoms with van der Waals surface area (Å²) >= 11 is 0. The van der Waals surface area contributed by atoms with Gasteiger partial charge in [-0.15, -0.1) is 0 Å². The number of phenolic OH excluding ortho intramolecular Hbond substituents is 1. The lowest BCUT2D eigenvalue weighted by molar-refractivity contribution is -0.386. The van der Waals surface area contributed by atoms with E-state index in [1.54, 1.807) is 0 Å². The average Bonchev–Trinajstić information content (AvgIpc) is 2.73. The Morgan fingerprint density at radius 2 is 1.67 bits per heavy atom. The number of hydrogen-bond donors (Lipinski definition) is 1. The van der Waals surface area contributed by atoms with Gasteiger partial charge < -0.3 is 9.84 Å². The van der Waals surface area contributed by atoms with Crippen LogP contribution in [0.15, 0.2) is 59.5 Å². The van der Waals surface area contributed by atoms with Crippen molar-refractivity contribution in [3.05, 3.63) is 96.4 Å². The molecule has 3 rings (SSSR count). The Balaban J connectivity index is 2.08. The molecule has 30 heavy (non-hydrogen) atoms. The molecule has 0 atom stereocenters. The number of benzene rings is 2. The Morgan fingerprint density at radius 1 is 1.00 bits per heavy atom. The van der Waals surface area contributed by atoms with Gasteiger partial charge in [0, 0.05) is 35.6 Å². The molecule has 3 aromatic rings. The number of methoxy groups -OCH3 is 1. The van der Waals surface area contributed by atoms with Crippen LogP contribution in [0, 0.1) is 20.2 Å². The molecule has 11 heteroatoms. The van der Waals surface area contributed by atoms with E-state index in [9.17, 15) is 34.9 Å². The van der Waals surface area contributed by atoms with Crippen LogP contribution in [0.3, 0.4) is 0 Å². The number of carbonyl (C=O) groups excluding carboxylic acids is 1. The van der Waals surface area contributed by atoms with Gasteiger partial charge in [0.15, 0.2) is 5.78 Å². The molecule has 0 unspecified atom stereocenters. The number of nitro benzene ring substituents is 2. The standard InChI is InChI=1S/C19H13N3O8/c1-30-15-8-7-14(19(25)17(15)22(28)29)18(24)11-2-9-16(23)20(10-11)12-3-5-13(6-4-12)21(26)27/h2-10,25H,1H3. The van der Waals surface area contributed by atoms with Gasteiger partial charge in [0.05, 0.1) is 22.5 Å². The molecule has 0 aliphatic rings. The molecule has 0 aliphatic carbocycles. The van der Waals surface area contributed by atoms with Gasteiger partial charge in [0.2, 0.25) is 11.5 Å². The van der Waals surface area contributed by atoms with Crippen molar-refractivity contribution < 1.29 is 24.5 Å². The molecule has 1 aromatic heterocycles. The number of phenols is 1. The fourth-order valence-electron chi connectivity index (χ4n) is 2.80. The Bertz CT molecular complexity index is 1230. The average molecular weight is 411 g/mol. The lowest BCUT2D eigenvalue weighted by atomic mass is 10.0. The van der Waals surface area contributed by atoms with E-state index in [2.05, 4.69) is 0 Å². The fraction of sp³-hybridized carbons (Fsp3) is 0.0526. The van der Waals surface area contributed by atoms with Gasteiger partial charge in [-0.2, -0.15) is 0 Å². The lowest BCUT2D eigenvalue weighted by Gasteiger charge is -2.10. The van der Waals surface area contributed by atoms with E-state index < -0.39 is 32.6 Å². The topological polar surface area (TPSA) is 155 Å². The molecular formula is C19H13N3O8. The van der Waals surface area contributed by atoms with Crippen LogP contribution in [-0.2, 0) is 0 Å². The summed E-state index contributed by atoms with van der Waals surface area (Å²) in [4.78, 5) is 45.6. The minimum absolute atomic E-state index is 0.0392. The third-order valence-electron chi connectivity index (χ3n) is 4.27. The molecule has 0 aliphatic heterocycles. The van der Waals surface area contributed by atoms with Crippen molar-refractivity contribution >= 4 is 17.2 Å². The predicted octanol–water partition coefficient (Wildman–Crippen LogP) is 2.60. The maximum atomic E-state index is 12.9. The largest absolute Gasteiger partial charge is 0.501 e. The predicted molar refractivity (Wildman–Crippen MR) is 103 cm³/mol. The molecule has 2 aromatic carbocycles. The molecule has 0 bridgehead atoms. The first-order valence-corrected chi connectivity index (χ1v) is 8.31. The summed E-state index contributed by atoms with van der Waals surface area (Å²) in [7, 11) is 1.18. The highest BCUT2D eigenvalue weighted by Crippen LogP contribution is 2.39. The van der Waals surface area contributed by atoms with Gasteiger partial charge in [-0.25, -0.2) is 0 Å². The number of carbonyl (C=O) groups is 1. The number of rotatable bonds is 6. The number of pyridine rings is 1. The van der Waals surface area contributed by atoms with Gasteiger partial charge >= 0.3 is 5.69 Å². The highest BCUT2D eigenvalue weighted by Gasteiger charge is 2.27. The van der Waals surface area contributed by atoms with Crippen molar-refractivity contribution in [1.82, 2.24) is 4.57 Å². The SMILES string of the molecule is COc1ccc(C(=O)c2ccc(=O)n(-c3ccc([N+](=O)[O-])cc3)c2)c(O)c1[N+](=O)[O-]. The van der Waals surface area contributed by atoms with E-state index in [-0.39, 0.29) is 28.3 Å². The van der Waals surface area contributed by atoms with Gasteiger partial charge in [-0.05, 0) is 30.3 Å². The zero-order valence-electron chi connectivity index (χ0n) is 15.3. The van der Waals surface area contributed by atoms with E-state index >= 15 is 0 Å². The number of ether oxygens (including phenoxy) is 1. The molecule has 1 N–H and O–H groups in total. The van der Waals surface area contributed by atoms with Crippen molar-refractivity contribution in [1.29, 1.82) is 0 Å². The number of ketones is 1. The molecule has 11 nitrogen and oxygen atoms in total. The fourth-order valence-corrected chi connectivity index (χ4v) is 2.80. The number of nitrogens with zero attached hydrogens (tertiary/aromatic N) is 3. The summed E-state index contributed by atoms with van der Waals surface area (Å²) in [5.41, 5.74) is -1.56. The van der Waals surface area contributed by atoms with Gasteiger partial charge in [0.1, 0.15) is 0 Å². The molecule has 0 saturated heterocycles. The second kappa shape index (κ2) is 7.83. The minimum atomic E-state index is -0.872. The first-order valence-electron chi connectivity index (χ1n) is 8.31. The van der Waals surface area contributed by atoms with Crippen molar-refractivity contribution in [2.45, 2.75) is 0 Å². The van der Waals surface area contributed by atoms with Crippen LogP contribution < -0.4 is 10.3 Å². The Kier molecular flexibility index (Phi) is 5.27. The second-order valence-corrected chi connectivity index (χ2v) is 6.00. The van der Waals surface area contributed by atoms with Gasteiger partial charge in [-0.3, -0.25) is 34.4 Å². The zero-order valence-corrected chi connectivity index (χ0v) is 15.3. The van der Waals surface area contributed by atoms with Crippen LogP contribution in [0.2, 0.25) is 0 Å². The maximum absolute atomic E-state index is 12.9. The smallest absolute Gasteiger partial charge is 0.352 e. The van der Waals surface area contributed by atoms with Crippen LogP contribution in [0.5, 0.6) is 11.5 Å². The van der Waals surface area contributed by atoms with Gasteiger partial charge in [0.25, 0.3) is 11.2 Å². The monoisotopic (exact) mass is 411 g/mol. The molecule has 0 fully saturated rings. The normalized spacial score (nSPS) is 10.4. The van der Waals surface area contributed by atoms with E-state index in [4.69, 9.17) is 4.74 Å². The number of aromatic hydroxyl groups is 1. The summed E-state index contributed by atoms with van der Waals surface area (Å²) in [6.07, 6.45) is 1.18. The Labute approximate surface area is 167 Å². The van der Waals surface area contributed by atoms with Crippen LogP contribution >= 0.6 is 0 Å². The van der Waals surface area contributed by atoms with Crippen LogP contribution in [0.4, 0.5) is 11.4 Å². The third-order valence-corrected chi connectivity index (χ3v) is 4.27. The summed E-state index contributed by atoms with van der Waals surface area (Å²) in [6, 6.07) is 9.74. The first kappa shape index (κ1) is 20.2. The maximum Gasteiger partial charge on any atom is 0.352 e. The van der Waals surface area contributed by atoms with E-state index in [0.29, 0.717) is 0 Å². The number of nitro groups is 2. The summed E-state index contributed by atoms with van der Waals surface area (Å²) in [5, 5.41) is 32.3. The third kappa shape index (κ3) is 3.58. The highest BCUT2D eigenvalue weighted by atomic mass is 16.6. The summed E-state index contributed by atoms with van der Waals surface area (Å²) < 4.78 is 5.93. The molecule has 0 saturated carbocycles. The Hall–Kier alpha value is -4.54. The van der Waals surface area contributed by atoms with E-state index in [1.807, 2.05) is 0 Å². The molecule has 0 amide bonds. The second-order valence-electron chi connectivity index (χ2n) is 6.00. The zero-order chi connectivity index (χ0) is 22.0. The van der Waals surface area contributed by atoms with Crippen LogP contribution in [-0.4, -0.2) is 32.4 Å². The van der Waals surface area contributed by atoms with Crippen molar-refractivity contribution in [3.8, 4) is 17.2 Å². The molecule has 0 spiro atoms. The van der Waals surface area contributed by atoms with Gasteiger partial charge in [-0.1, -0.05) is 0 Å². The minimum Gasteiger partial charge on any atom is -0.501 e. The summed E-state index contributed by atoms with van der Waals surface area (Å²) in [5.74, 6) is -1.85. The molecule has 0 radical (unpaired) electrons. The number of non-ortho nitro benzene ring substituents is 1. The summed E-state index contributed by atoms with van der Waals surface area (Å²) in [6.45, 7) is 0. The quantitative estimate of drug-likeness (QED) is 0.369. The van der Waals surface area contributed by atoms with Crippen molar-refractivity contribution in [2.75, 3.05) is 7.11 Å². The van der Waals surface area contributed by atoms with Crippen molar-refractivity contribution in [2.24, 2.45) is 0 Å². The van der Waals surface area contributed by atoms with E-state index in [1.165, 1.54) is 55.8 Å². The van der Waals surface area contributed by atoms with E-state index in [0.717, 1.165) is 10.6 Å². The van der Waals surface area contributed by atoms with Crippen LogP contribution in [0.25, 0.3) is 5.69 Å². The first-order chi connectivity index (χ1) is 14.2. The lowest BCUT2D eigenvalue weighted by Crippen LogP contribution is -2.18. The van der Waals surface area contributed by atoms with Crippen LogP contribution in [0.1, 0.15) is 15.9 Å². The number of hydrogen-bond acceptors (Lipinski definition) is 8. The molecule has 152 valence electrons. The van der Waals surface area contributed by atoms with Crippen molar-refractivity contribution in [3.63, 3.8) is 0 Å². The molecular weight excluding hydrogens is 398 g/mol. The Morgan fingerprint density at radius 3 is 2.23 bits per heavy atom. The number of aromatic nitrogens is 1. The molecule has 1 heterocycles.